The molecule has 0 atom stereocenters. The molecule has 0 spiro atoms. The molecule has 3 N–H and O–H groups in total. The van der Waals surface area contributed by atoms with Gasteiger partial charge in [-0.05, 0) is 12.8 Å². The summed E-state index contributed by atoms with van der Waals surface area (Å²) in [7, 11) is -3.24. The van der Waals surface area contributed by atoms with E-state index in [0.29, 0.717) is 0 Å². The number of sulfone groups is 1. The molecule has 1 saturated carbocycles. The summed E-state index contributed by atoms with van der Waals surface area (Å²) in [6.45, 7) is 0. The van der Waals surface area contributed by atoms with Crippen LogP contribution < -0.4 is 5.73 Å². The number of nitrogen functional groups attached to an aromatic ring is 1. The number of aromatic amines is 1. The largest absolute Gasteiger partial charge is 0.383 e. The lowest BCUT2D eigenvalue weighted by Crippen LogP contribution is -2.18. The number of nitrogens with one attached hydrogen (secondary N) is 1. The summed E-state index contributed by atoms with van der Waals surface area (Å²) in [6.07, 6.45) is 4.76. The number of nitrogens with two attached hydrogens (primary N) is 1. The average molecular weight is 215 g/mol. The Kier molecular flexibility index (Phi) is 2.22. The van der Waals surface area contributed by atoms with Crippen molar-refractivity contribution in [3.05, 3.63) is 6.20 Å². The highest BCUT2D eigenvalue weighted by molar-refractivity contribution is 7.92. The van der Waals surface area contributed by atoms with Gasteiger partial charge in [0, 0.05) is 0 Å². The van der Waals surface area contributed by atoms with Crippen molar-refractivity contribution >= 4 is 15.7 Å². The van der Waals surface area contributed by atoms with E-state index in [-0.39, 0.29) is 16.0 Å². The first-order valence-corrected chi connectivity index (χ1v) is 6.20. The number of hydrogen-bond acceptors (Lipinski definition) is 4. The van der Waals surface area contributed by atoms with Crippen LogP contribution in [0.2, 0.25) is 0 Å². The van der Waals surface area contributed by atoms with Gasteiger partial charge in [0.15, 0.2) is 9.84 Å². The molecule has 0 saturated heterocycles. The standard InChI is InChI=1S/C8H13N3O2S/c9-8-7(5-10-11-8)14(12,13)6-3-1-2-4-6/h5-6H,1-4H2,(H3,9,10,11). The van der Waals surface area contributed by atoms with Gasteiger partial charge in [0.05, 0.1) is 11.4 Å². The van der Waals surface area contributed by atoms with E-state index in [9.17, 15) is 8.42 Å². The maximum absolute atomic E-state index is 12.0. The minimum atomic E-state index is -3.24. The van der Waals surface area contributed by atoms with Crippen molar-refractivity contribution in [3.63, 3.8) is 0 Å². The summed E-state index contributed by atoms with van der Waals surface area (Å²) in [4.78, 5) is 0.157. The van der Waals surface area contributed by atoms with Crippen molar-refractivity contribution in [2.75, 3.05) is 5.73 Å². The molecule has 1 heterocycles. The number of aromatic nitrogens is 2. The molecule has 0 aromatic carbocycles. The maximum Gasteiger partial charge on any atom is 0.186 e. The summed E-state index contributed by atoms with van der Waals surface area (Å²) in [5.41, 5.74) is 5.50. The highest BCUT2D eigenvalue weighted by Crippen LogP contribution is 2.30. The number of rotatable bonds is 2. The number of hydrogen-bond donors (Lipinski definition) is 2. The first-order chi connectivity index (χ1) is 6.62. The van der Waals surface area contributed by atoms with Gasteiger partial charge < -0.3 is 5.73 Å². The average Bonchev–Trinajstić information content (AvgIpc) is 2.72. The second-order valence-electron chi connectivity index (χ2n) is 3.60. The van der Waals surface area contributed by atoms with Gasteiger partial charge in [0.1, 0.15) is 10.7 Å². The molecule has 0 aliphatic heterocycles. The number of anilines is 1. The predicted molar refractivity (Wildman–Crippen MR) is 52.4 cm³/mol. The van der Waals surface area contributed by atoms with Gasteiger partial charge in [-0.2, -0.15) is 5.10 Å². The van der Waals surface area contributed by atoms with E-state index in [0.717, 1.165) is 25.7 Å². The van der Waals surface area contributed by atoms with Crippen LogP contribution >= 0.6 is 0 Å². The highest BCUT2D eigenvalue weighted by atomic mass is 32.2. The quantitative estimate of drug-likeness (QED) is 0.760. The van der Waals surface area contributed by atoms with Gasteiger partial charge in [-0.3, -0.25) is 5.10 Å². The molecule has 2 rings (SSSR count). The lowest BCUT2D eigenvalue weighted by atomic mass is 10.4. The monoisotopic (exact) mass is 215 g/mol. The van der Waals surface area contributed by atoms with E-state index in [1.54, 1.807) is 0 Å². The van der Waals surface area contributed by atoms with Crippen molar-refractivity contribution in [1.29, 1.82) is 0 Å². The van der Waals surface area contributed by atoms with Crippen molar-refractivity contribution in [3.8, 4) is 0 Å². The van der Waals surface area contributed by atoms with Crippen LogP contribution in [0.5, 0.6) is 0 Å². The van der Waals surface area contributed by atoms with Gasteiger partial charge in [-0.1, -0.05) is 12.8 Å². The molecule has 1 aliphatic carbocycles. The third kappa shape index (κ3) is 1.39. The summed E-state index contributed by atoms with van der Waals surface area (Å²) >= 11 is 0. The van der Waals surface area contributed by atoms with Crippen LogP contribution in [0, 0.1) is 0 Å². The molecule has 1 aromatic heterocycles. The Morgan fingerprint density at radius 1 is 1.43 bits per heavy atom. The zero-order chi connectivity index (χ0) is 10.2. The predicted octanol–water partition coefficient (Wildman–Crippen LogP) is 0.708. The minimum absolute atomic E-state index is 0.150. The normalized spacial score (nSPS) is 18.9. The molecule has 78 valence electrons. The molecule has 14 heavy (non-hydrogen) atoms. The Bertz CT molecular complexity index is 418. The molecule has 0 amide bonds. The van der Waals surface area contributed by atoms with Crippen LogP contribution in [0.15, 0.2) is 11.1 Å². The molecular weight excluding hydrogens is 202 g/mol. The van der Waals surface area contributed by atoms with E-state index in [1.165, 1.54) is 6.20 Å². The summed E-state index contributed by atoms with van der Waals surface area (Å²) < 4.78 is 24.0. The fourth-order valence-corrected chi connectivity index (χ4v) is 3.75. The smallest absolute Gasteiger partial charge is 0.186 e. The maximum atomic E-state index is 12.0. The fraction of sp³-hybridized carbons (Fsp3) is 0.625. The van der Waals surface area contributed by atoms with Crippen LogP contribution in [-0.2, 0) is 9.84 Å². The van der Waals surface area contributed by atoms with Crippen molar-refractivity contribution in [2.45, 2.75) is 35.8 Å². The molecule has 0 radical (unpaired) electrons. The SMILES string of the molecule is Nc1[nH]ncc1S(=O)(=O)C1CCCC1. The molecule has 6 heteroatoms. The van der Waals surface area contributed by atoms with Gasteiger partial charge in [0.25, 0.3) is 0 Å². The van der Waals surface area contributed by atoms with Crippen LogP contribution in [0.25, 0.3) is 0 Å². The second kappa shape index (κ2) is 3.27. The van der Waals surface area contributed by atoms with Crippen LogP contribution in [0.1, 0.15) is 25.7 Å². The highest BCUT2D eigenvalue weighted by Gasteiger charge is 2.32. The molecule has 1 aliphatic rings. The Balaban J connectivity index is 2.37. The zero-order valence-corrected chi connectivity index (χ0v) is 8.55. The zero-order valence-electron chi connectivity index (χ0n) is 7.73. The first kappa shape index (κ1) is 9.51. The van der Waals surface area contributed by atoms with E-state index >= 15 is 0 Å². The first-order valence-electron chi connectivity index (χ1n) is 4.65. The molecular formula is C8H13N3O2S. The van der Waals surface area contributed by atoms with E-state index in [1.807, 2.05) is 0 Å². The fourth-order valence-electron chi connectivity index (χ4n) is 1.89. The van der Waals surface area contributed by atoms with Crippen LogP contribution in [0.4, 0.5) is 5.82 Å². The Morgan fingerprint density at radius 2 is 2.07 bits per heavy atom. The molecule has 0 unspecified atom stereocenters. The van der Waals surface area contributed by atoms with E-state index in [4.69, 9.17) is 5.73 Å². The van der Waals surface area contributed by atoms with Crippen molar-refractivity contribution in [2.24, 2.45) is 0 Å². The van der Waals surface area contributed by atoms with Gasteiger partial charge in [-0.15, -0.1) is 0 Å². The van der Waals surface area contributed by atoms with Gasteiger partial charge >= 0.3 is 0 Å². The van der Waals surface area contributed by atoms with Crippen LogP contribution in [0.3, 0.4) is 0 Å². The molecule has 0 bridgehead atoms. The van der Waals surface area contributed by atoms with Crippen molar-refractivity contribution < 1.29 is 8.42 Å². The number of H-pyrrole nitrogens is 1. The van der Waals surface area contributed by atoms with Crippen LogP contribution in [-0.4, -0.2) is 23.9 Å². The van der Waals surface area contributed by atoms with Gasteiger partial charge in [0.2, 0.25) is 0 Å². The summed E-state index contributed by atoms with van der Waals surface area (Å²) in [5.74, 6) is 0.150. The molecule has 1 aromatic rings. The van der Waals surface area contributed by atoms with E-state index < -0.39 is 9.84 Å². The molecule has 5 nitrogen and oxygen atoms in total. The van der Waals surface area contributed by atoms with Crippen molar-refractivity contribution in [1.82, 2.24) is 10.2 Å². The topological polar surface area (TPSA) is 88.8 Å². The Labute approximate surface area is 82.6 Å². The van der Waals surface area contributed by atoms with E-state index in [2.05, 4.69) is 10.2 Å². The molecule has 1 fully saturated rings. The third-order valence-electron chi connectivity index (χ3n) is 2.68. The van der Waals surface area contributed by atoms with Gasteiger partial charge in [-0.25, -0.2) is 8.42 Å². The second-order valence-corrected chi connectivity index (χ2v) is 5.80. The lowest BCUT2D eigenvalue weighted by molar-refractivity contribution is 0.580. The number of nitrogens with zero attached hydrogens (tertiary/aromatic N) is 1. The Morgan fingerprint density at radius 3 is 2.57 bits per heavy atom. The summed E-state index contributed by atoms with van der Waals surface area (Å²) in [5, 5.41) is 5.82. The summed E-state index contributed by atoms with van der Waals surface area (Å²) in [6, 6.07) is 0. The minimum Gasteiger partial charge on any atom is -0.383 e. The lowest BCUT2D eigenvalue weighted by Gasteiger charge is -2.09. The Hall–Kier alpha value is -1.04. The third-order valence-corrected chi connectivity index (χ3v) is 4.97.